The van der Waals surface area contributed by atoms with Crippen LogP contribution in [-0.2, 0) is 26.5 Å². The zero-order chi connectivity index (χ0) is 7.54. The quantitative estimate of drug-likeness (QED) is 0.403. The van der Waals surface area contributed by atoms with Crippen LogP contribution in [0, 0.1) is 13.0 Å². The minimum atomic E-state index is 0. The molecule has 0 atom stereocenters. The Labute approximate surface area is 78.1 Å². The molecular weight excluding hydrogens is 160 g/mol. The van der Waals surface area contributed by atoms with Crippen LogP contribution in [0.4, 0.5) is 0 Å². The molecule has 1 rings (SSSR count). The number of rotatable bonds is 0. The van der Waals surface area contributed by atoms with Crippen LogP contribution in [0.1, 0.15) is 13.3 Å². The molecule has 0 amide bonds. The van der Waals surface area contributed by atoms with E-state index in [1.165, 1.54) is 0 Å². The minimum absolute atomic E-state index is 0. The van der Waals surface area contributed by atoms with Gasteiger partial charge in [0.05, 0.1) is 0 Å². The molecule has 0 aromatic rings. The van der Waals surface area contributed by atoms with Gasteiger partial charge in [-0.15, -0.1) is 6.42 Å². The second kappa shape index (κ2) is 23.2. The number of allylic oxidation sites excluding steroid dienone is 4. The summed E-state index contributed by atoms with van der Waals surface area (Å²) in [6.45, 7) is 7.00. The Kier molecular flexibility index (Phi) is 38.1. The normalized spacial score (nSPS) is 9.80. The van der Waals surface area contributed by atoms with Gasteiger partial charge >= 0.3 is 21.7 Å². The van der Waals surface area contributed by atoms with E-state index in [4.69, 9.17) is 4.79 Å². The Morgan fingerprint density at radius 2 is 2.00 bits per heavy atom. The maximum atomic E-state index is 8.00. The van der Waals surface area contributed by atoms with Gasteiger partial charge in [0.25, 0.3) is 0 Å². The Balaban J connectivity index is -0.0000000875. The summed E-state index contributed by atoms with van der Waals surface area (Å²) in [5, 5.41) is 0. The molecule has 0 heterocycles. The van der Waals surface area contributed by atoms with Crippen molar-refractivity contribution in [1.82, 2.24) is 0 Å². The van der Waals surface area contributed by atoms with Crippen LogP contribution in [0.25, 0.3) is 0 Å². The Morgan fingerprint density at radius 1 is 1.50 bits per heavy atom. The topological polar surface area (TPSA) is 17.1 Å². The summed E-state index contributed by atoms with van der Waals surface area (Å²) >= 11 is 0. The third-order valence-electron chi connectivity index (χ3n) is 0.586. The molecular formula is C8H12OTi. The molecule has 1 nitrogen and oxygen atoms in total. The van der Waals surface area contributed by atoms with Crippen molar-refractivity contribution in [2.24, 2.45) is 0 Å². The molecule has 1 aliphatic rings. The first kappa shape index (κ1) is 16.4. The van der Waals surface area contributed by atoms with Crippen LogP contribution in [-0.4, -0.2) is 6.79 Å². The number of hydrogen-bond acceptors (Lipinski definition) is 1. The van der Waals surface area contributed by atoms with E-state index >= 15 is 0 Å². The van der Waals surface area contributed by atoms with Crippen LogP contribution in [0.5, 0.6) is 0 Å². The molecule has 0 saturated heterocycles. The summed E-state index contributed by atoms with van der Waals surface area (Å²) in [5.74, 6) is 0. The second-order valence-electron chi connectivity index (χ2n) is 1.00. The Morgan fingerprint density at radius 3 is 2.10 bits per heavy atom. The van der Waals surface area contributed by atoms with E-state index in [9.17, 15) is 0 Å². The van der Waals surface area contributed by atoms with E-state index in [1.807, 2.05) is 18.9 Å². The average molecular weight is 172 g/mol. The predicted octanol–water partition coefficient (Wildman–Crippen LogP) is 1.96. The SMILES string of the molecule is C=O.[C-]1=CC=CC1.[CH2-]C.[Ti+2]. The van der Waals surface area contributed by atoms with Gasteiger partial charge in [0, 0.05) is 0 Å². The summed E-state index contributed by atoms with van der Waals surface area (Å²) in [6, 6.07) is 0. The minimum Gasteiger partial charge on any atom is -0.346 e. The summed E-state index contributed by atoms with van der Waals surface area (Å²) < 4.78 is 0. The molecule has 0 aromatic heterocycles. The van der Waals surface area contributed by atoms with Crippen molar-refractivity contribution in [3.8, 4) is 0 Å². The standard InChI is InChI=1S/C5H5.C2H5.CH2O.Ti/c1-2-4-5-3-1;2*1-2;/h1-3H,4H2;1H2,2H3;1H2;/q2*-1;;+2. The van der Waals surface area contributed by atoms with Crippen molar-refractivity contribution in [1.29, 1.82) is 0 Å². The molecule has 0 unspecified atom stereocenters. The molecule has 0 radical (unpaired) electrons. The van der Waals surface area contributed by atoms with Gasteiger partial charge < -0.3 is 11.7 Å². The Hall–Kier alpha value is -0.136. The van der Waals surface area contributed by atoms with Crippen LogP contribution >= 0.6 is 0 Å². The fraction of sp³-hybridized carbons (Fsp3) is 0.250. The van der Waals surface area contributed by atoms with Crippen molar-refractivity contribution in [3.63, 3.8) is 0 Å². The molecule has 54 valence electrons. The third kappa shape index (κ3) is 15.7. The van der Waals surface area contributed by atoms with E-state index in [-0.39, 0.29) is 21.7 Å². The van der Waals surface area contributed by atoms with Crippen molar-refractivity contribution in [3.05, 3.63) is 31.2 Å². The molecule has 0 bridgehead atoms. The number of carbonyl (C=O) groups excluding carboxylic acids is 1. The van der Waals surface area contributed by atoms with Crippen LogP contribution < -0.4 is 0 Å². The molecule has 0 aromatic carbocycles. The van der Waals surface area contributed by atoms with Crippen LogP contribution in [0.15, 0.2) is 18.2 Å². The molecule has 0 spiro atoms. The predicted molar refractivity (Wildman–Crippen MR) is 39.7 cm³/mol. The summed E-state index contributed by atoms with van der Waals surface area (Å²) in [4.78, 5) is 8.00. The molecule has 0 saturated carbocycles. The summed E-state index contributed by atoms with van der Waals surface area (Å²) in [6.07, 6.45) is 10.0. The smallest absolute Gasteiger partial charge is 0.346 e. The summed E-state index contributed by atoms with van der Waals surface area (Å²) in [5.41, 5.74) is 0. The van der Waals surface area contributed by atoms with Crippen LogP contribution in [0.2, 0.25) is 0 Å². The number of hydrogen-bond donors (Lipinski definition) is 0. The van der Waals surface area contributed by atoms with Crippen molar-refractivity contribution < 1.29 is 26.5 Å². The maximum absolute atomic E-state index is 8.00. The van der Waals surface area contributed by atoms with Crippen molar-refractivity contribution in [2.45, 2.75) is 13.3 Å². The van der Waals surface area contributed by atoms with Crippen LogP contribution in [0.3, 0.4) is 0 Å². The average Bonchev–Trinajstić information content (AvgIpc) is 2.51. The fourth-order valence-electron chi connectivity index (χ4n) is 0.340. The first-order chi connectivity index (χ1) is 4.50. The first-order valence-corrected chi connectivity index (χ1v) is 2.71. The van der Waals surface area contributed by atoms with E-state index in [0.717, 1.165) is 6.42 Å². The zero-order valence-electron chi connectivity index (χ0n) is 6.26. The van der Waals surface area contributed by atoms with Gasteiger partial charge in [-0.1, -0.05) is 0 Å². The van der Waals surface area contributed by atoms with Gasteiger partial charge in [-0.2, -0.15) is 13.0 Å². The zero-order valence-corrected chi connectivity index (χ0v) is 7.82. The molecule has 10 heavy (non-hydrogen) atoms. The summed E-state index contributed by atoms with van der Waals surface area (Å²) in [7, 11) is 0. The molecule has 1 aliphatic carbocycles. The van der Waals surface area contributed by atoms with Gasteiger partial charge in [0.2, 0.25) is 0 Å². The first-order valence-electron chi connectivity index (χ1n) is 2.71. The number of carbonyl (C=O) groups is 1. The van der Waals surface area contributed by atoms with E-state index in [2.05, 4.69) is 19.1 Å². The largest absolute Gasteiger partial charge is 2.00 e. The maximum Gasteiger partial charge on any atom is 2.00 e. The van der Waals surface area contributed by atoms with Gasteiger partial charge in [0.1, 0.15) is 6.79 Å². The second-order valence-corrected chi connectivity index (χ2v) is 1.00. The van der Waals surface area contributed by atoms with E-state index in [1.54, 1.807) is 6.92 Å². The van der Waals surface area contributed by atoms with Crippen molar-refractivity contribution >= 4 is 6.79 Å². The van der Waals surface area contributed by atoms with Gasteiger partial charge in [-0.05, 0) is 0 Å². The molecule has 2 heteroatoms. The van der Waals surface area contributed by atoms with Gasteiger partial charge in [-0.3, -0.25) is 6.08 Å². The van der Waals surface area contributed by atoms with Gasteiger partial charge in [0.15, 0.2) is 0 Å². The molecule has 0 aliphatic heterocycles. The molecule has 0 N–H and O–H groups in total. The van der Waals surface area contributed by atoms with Crippen molar-refractivity contribution in [2.75, 3.05) is 0 Å². The van der Waals surface area contributed by atoms with E-state index in [0.29, 0.717) is 0 Å². The van der Waals surface area contributed by atoms with Gasteiger partial charge in [-0.25, -0.2) is 12.2 Å². The third-order valence-corrected chi connectivity index (χ3v) is 0.586. The Bertz CT molecular complexity index is 77.3. The molecule has 0 fully saturated rings. The monoisotopic (exact) mass is 172 g/mol. The fourth-order valence-corrected chi connectivity index (χ4v) is 0.340. The van der Waals surface area contributed by atoms with E-state index < -0.39 is 0 Å².